The van der Waals surface area contributed by atoms with Crippen LogP contribution in [0.1, 0.15) is 23.7 Å². The average molecular weight is 215 g/mol. The van der Waals surface area contributed by atoms with Gasteiger partial charge in [-0.15, -0.1) is 0 Å². The Labute approximate surface area is 95.9 Å². The molecule has 0 fully saturated rings. The summed E-state index contributed by atoms with van der Waals surface area (Å²) < 4.78 is 2.04. The van der Waals surface area contributed by atoms with Gasteiger partial charge in [0.15, 0.2) is 0 Å². The van der Waals surface area contributed by atoms with Crippen LogP contribution in [0.3, 0.4) is 0 Å². The molecule has 0 amide bonds. The zero-order valence-electron chi connectivity index (χ0n) is 9.56. The number of rotatable bonds is 4. The first-order valence-electron chi connectivity index (χ1n) is 5.62. The van der Waals surface area contributed by atoms with Crippen LogP contribution in [0.25, 0.3) is 0 Å². The molecule has 2 aromatic rings. The van der Waals surface area contributed by atoms with Gasteiger partial charge in [0.1, 0.15) is 0 Å². The monoisotopic (exact) mass is 215 g/mol. The molecular weight excluding hydrogens is 198 g/mol. The highest BCUT2D eigenvalue weighted by Crippen LogP contribution is 2.11. The zero-order chi connectivity index (χ0) is 11.4. The molecule has 2 rings (SSSR count). The fourth-order valence-corrected chi connectivity index (χ4v) is 1.92. The predicted octanol–water partition coefficient (Wildman–Crippen LogP) is 1.95. The number of nitrogens with two attached hydrogens (primary N) is 1. The van der Waals surface area contributed by atoms with Gasteiger partial charge >= 0.3 is 0 Å². The molecule has 0 atom stereocenters. The topological polar surface area (TPSA) is 43.8 Å². The van der Waals surface area contributed by atoms with E-state index in [9.17, 15) is 0 Å². The largest absolute Gasteiger partial charge is 0.326 e. The van der Waals surface area contributed by atoms with Gasteiger partial charge in [-0.2, -0.15) is 5.10 Å². The number of aromatic nitrogens is 2. The second kappa shape index (κ2) is 4.94. The van der Waals surface area contributed by atoms with Gasteiger partial charge in [-0.25, -0.2) is 0 Å². The quantitative estimate of drug-likeness (QED) is 0.847. The molecule has 3 nitrogen and oxygen atoms in total. The van der Waals surface area contributed by atoms with E-state index in [1.165, 1.54) is 11.3 Å². The van der Waals surface area contributed by atoms with E-state index in [1.807, 2.05) is 29.1 Å². The van der Waals surface area contributed by atoms with Crippen LogP contribution < -0.4 is 5.73 Å². The molecule has 84 valence electrons. The van der Waals surface area contributed by atoms with Crippen LogP contribution in [-0.2, 0) is 19.5 Å². The maximum absolute atomic E-state index is 5.68. The predicted molar refractivity (Wildman–Crippen MR) is 65.0 cm³/mol. The van der Waals surface area contributed by atoms with Gasteiger partial charge in [-0.1, -0.05) is 37.3 Å². The Morgan fingerprint density at radius 2 is 2.00 bits per heavy atom. The summed E-state index contributed by atoms with van der Waals surface area (Å²) in [5, 5.41) is 4.39. The maximum Gasteiger partial charge on any atom is 0.0662 e. The fraction of sp³-hybridized carbons (Fsp3) is 0.308. The molecule has 0 spiro atoms. The standard InChI is InChI=1S/C13H17N3/c1-2-13-12(8-14)9-15-16(13)10-11-6-4-3-5-7-11/h3-7,9H,2,8,10,14H2,1H3. The maximum atomic E-state index is 5.68. The van der Waals surface area contributed by atoms with Crippen LogP contribution in [0, 0.1) is 0 Å². The first-order valence-corrected chi connectivity index (χ1v) is 5.62. The van der Waals surface area contributed by atoms with Crippen molar-refractivity contribution in [1.82, 2.24) is 9.78 Å². The second-order valence-electron chi connectivity index (χ2n) is 3.82. The van der Waals surface area contributed by atoms with E-state index in [1.54, 1.807) is 0 Å². The van der Waals surface area contributed by atoms with Gasteiger partial charge in [0.25, 0.3) is 0 Å². The van der Waals surface area contributed by atoms with E-state index >= 15 is 0 Å². The third-order valence-corrected chi connectivity index (χ3v) is 2.77. The molecule has 2 N–H and O–H groups in total. The summed E-state index contributed by atoms with van der Waals surface area (Å²) in [7, 11) is 0. The van der Waals surface area contributed by atoms with E-state index in [0.717, 1.165) is 18.5 Å². The highest BCUT2D eigenvalue weighted by atomic mass is 15.3. The van der Waals surface area contributed by atoms with Gasteiger partial charge in [0.2, 0.25) is 0 Å². The fourth-order valence-electron chi connectivity index (χ4n) is 1.92. The molecular formula is C13H17N3. The second-order valence-corrected chi connectivity index (χ2v) is 3.82. The van der Waals surface area contributed by atoms with Crippen molar-refractivity contribution in [2.45, 2.75) is 26.4 Å². The number of hydrogen-bond donors (Lipinski definition) is 1. The number of hydrogen-bond acceptors (Lipinski definition) is 2. The molecule has 1 aromatic carbocycles. The minimum Gasteiger partial charge on any atom is -0.326 e. The summed E-state index contributed by atoms with van der Waals surface area (Å²) in [6.45, 7) is 3.53. The molecule has 1 aromatic heterocycles. The normalized spacial score (nSPS) is 10.6. The number of benzene rings is 1. The minimum atomic E-state index is 0.567. The Bertz CT molecular complexity index is 445. The molecule has 0 saturated heterocycles. The minimum absolute atomic E-state index is 0.567. The Balaban J connectivity index is 2.25. The summed E-state index contributed by atoms with van der Waals surface area (Å²) in [4.78, 5) is 0. The van der Waals surface area contributed by atoms with E-state index in [-0.39, 0.29) is 0 Å². The van der Waals surface area contributed by atoms with Crippen molar-refractivity contribution < 1.29 is 0 Å². The van der Waals surface area contributed by atoms with Crippen molar-refractivity contribution in [3.63, 3.8) is 0 Å². The Kier molecular flexibility index (Phi) is 3.37. The molecule has 0 bridgehead atoms. The molecule has 0 aliphatic rings. The first-order chi connectivity index (χ1) is 7.85. The van der Waals surface area contributed by atoms with E-state index in [4.69, 9.17) is 5.73 Å². The lowest BCUT2D eigenvalue weighted by Gasteiger charge is -2.07. The third kappa shape index (κ3) is 2.14. The van der Waals surface area contributed by atoms with Crippen LogP contribution in [0.4, 0.5) is 0 Å². The van der Waals surface area contributed by atoms with Crippen LogP contribution >= 0.6 is 0 Å². The summed E-state index contributed by atoms with van der Waals surface area (Å²) >= 11 is 0. The Hall–Kier alpha value is -1.61. The summed E-state index contributed by atoms with van der Waals surface area (Å²) in [5.74, 6) is 0. The molecule has 0 unspecified atom stereocenters. The molecule has 0 aliphatic heterocycles. The summed E-state index contributed by atoms with van der Waals surface area (Å²) in [6.07, 6.45) is 2.85. The van der Waals surface area contributed by atoms with Crippen LogP contribution in [0.2, 0.25) is 0 Å². The third-order valence-electron chi connectivity index (χ3n) is 2.77. The highest BCUT2D eigenvalue weighted by molar-refractivity contribution is 5.20. The SMILES string of the molecule is CCc1c(CN)cnn1Cc1ccccc1. The molecule has 0 aliphatic carbocycles. The van der Waals surface area contributed by atoms with Gasteiger partial charge in [0.05, 0.1) is 12.7 Å². The van der Waals surface area contributed by atoms with Gasteiger partial charge in [0, 0.05) is 17.8 Å². The van der Waals surface area contributed by atoms with Gasteiger partial charge in [-0.3, -0.25) is 4.68 Å². The Morgan fingerprint density at radius 1 is 1.25 bits per heavy atom. The molecule has 0 saturated carbocycles. The molecule has 3 heteroatoms. The molecule has 16 heavy (non-hydrogen) atoms. The number of nitrogens with zero attached hydrogens (tertiary/aromatic N) is 2. The summed E-state index contributed by atoms with van der Waals surface area (Å²) in [5.41, 5.74) is 9.34. The zero-order valence-corrected chi connectivity index (χ0v) is 9.56. The molecule has 0 radical (unpaired) electrons. The van der Waals surface area contributed by atoms with Crippen LogP contribution in [0.5, 0.6) is 0 Å². The van der Waals surface area contributed by atoms with E-state index in [0.29, 0.717) is 6.54 Å². The van der Waals surface area contributed by atoms with Crippen LogP contribution in [0.15, 0.2) is 36.5 Å². The van der Waals surface area contributed by atoms with Crippen LogP contribution in [-0.4, -0.2) is 9.78 Å². The van der Waals surface area contributed by atoms with E-state index in [2.05, 4.69) is 24.2 Å². The van der Waals surface area contributed by atoms with Gasteiger partial charge < -0.3 is 5.73 Å². The van der Waals surface area contributed by atoms with Gasteiger partial charge in [-0.05, 0) is 12.0 Å². The lowest BCUT2D eigenvalue weighted by molar-refractivity contribution is 0.647. The van der Waals surface area contributed by atoms with Crippen molar-refractivity contribution in [3.05, 3.63) is 53.3 Å². The van der Waals surface area contributed by atoms with Crippen molar-refractivity contribution in [2.75, 3.05) is 0 Å². The Morgan fingerprint density at radius 3 is 2.62 bits per heavy atom. The van der Waals surface area contributed by atoms with Crippen molar-refractivity contribution >= 4 is 0 Å². The van der Waals surface area contributed by atoms with Crippen molar-refractivity contribution in [3.8, 4) is 0 Å². The highest BCUT2D eigenvalue weighted by Gasteiger charge is 2.07. The lowest BCUT2D eigenvalue weighted by Crippen LogP contribution is -2.07. The lowest BCUT2D eigenvalue weighted by atomic mass is 10.2. The summed E-state index contributed by atoms with van der Waals surface area (Å²) in [6, 6.07) is 10.4. The smallest absolute Gasteiger partial charge is 0.0662 e. The average Bonchev–Trinajstić information content (AvgIpc) is 2.72. The van der Waals surface area contributed by atoms with Crippen molar-refractivity contribution in [1.29, 1.82) is 0 Å². The van der Waals surface area contributed by atoms with Crippen molar-refractivity contribution in [2.24, 2.45) is 5.73 Å². The van der Waals surface area contributed by atoms with E-state index < -0.39 is 0 Å². The molecule has 1 heterocycles. The first kappa shape index (κ1) is 10.9.